The Morgan fingerprint density at radius 2 is 1.90 bits per heavy atom. The topological polar surface area (TPSA) is 88.0 Å². The van der Waals surface area contributed by atoms with Crippen LogP contribution in [-0.2, 0) is 4.74 Å². The Balaban J connectivity index is 1.69. The van der Waals surface area contributed by atoms with Gasteiger partial charge in [0.05, 0.1) is 18.1 Å². The van der Waals surface area contributed by atoms with Crippen LogP contribution in [0.5, 0.6) is 0 Å². The second kappa shape index (κ2) is 9.09. The predicted octanol–water partition coefficient (Wildman–Crippen LogP) is 2.67. The van der Waals surface area contributed by atoms with Gasteiger partial charge in [0.1, 0.15) is 5.69 Å². The Kier molecular flexibility index (Phi) is 6.74. The van der Waals surface area contributed by atoms with Gasteiger partial charge in [0.2, 0.25) is 0 Å². The number of nitro benzene ring substituents is 1. The maximum Gasteiger partial charge on any atom is 0.293 e. The number of carbonyl (C=O) groups is 1. The van der Waals surface area contributed by atoms with Crippen molar-refractivity contribution >= 4 is 17.3 Å². The lowest BCUT2D eigenvalue weighted by atomic mass is 9.98. The van der Waals surface area contributed by atoms with Crippen LogP contribution in [0.15, 0.2) is 18.2 Å². The van der Waals surface area contributed by atoms with E-state index < -0.39 is 0 Å². The van der Waals surface area contributed by atoms with E-state index in [1.807, 2.05) is 0 Å². The lowest BCUT2D eigenvalue weighted by Gasteiger charge is -2.40. The summed E-state index contributed by atoms with van der Waals surface area (Å²) in [6, 6.07) is 4.82. The van der Waals surface area contributed by atoms with E-state index in [1.165, 1.54) is 6.07 Å². The van der Waals surface area contributed by atoms with Gasteiger partial charge < -0.3 is 15.0 Å². The standard InChI is InChI=1S/C21H32N4O4/c1-16-6-8-23(9-7-16)18-5-4-17(14-19(18)25(27)28)20(26)22-15-21(2,3)24-10-12-29-13-11-24/h4-5,14,16H,6-13,15H2,1-3H3,(H,22,26). The molecule has 2 aliphatic heterocycles. The molecule has 0 unspecified atom stereocenters. The van der Waals surface area contributed by atoms with E-state index in [0.717, 1.165) is 39.0 Å². The van der Waals surface area contributed by atoms with Crippen LogP contribution in [0, 0.1) is 16.0 Å². The number of carbonyl (C=O) groups excluding carboxylic acids is 1. The SMILES string of the molecule is CC1CCN(c2ccc(C(=O)NCC(C)(C)N3CCOCC3)cc2[N+](=O)[O-])CC1. The van der Waals surface area contributed by atoms with Crippen LogP contribution in [0.4, 0.5) is 11.4 Å². The quantitative estimate of drug-likeness (QED) is 0.579. The summed E-state index contributed by atoms with van der Waals surface area (Å²) in [6.07, 6.45) is 2.05. The zero-order valence-electron chi connectivity index (χ0n) is 17.6. The van der Waals surface area contributed by atoms with Gasteiger partial charge in [0, 0.05) is 49.9 Å². The number of nitrogens with zero attached hydrogens (tertiary/aromatic N) is 3. The molecule has 29 heavy (non-hydrogen) atoms. The second-order valence-corrected chi connectivity index (χ2v) is 8.72. The molecular weight excluding hydrogens is 372 g/mol. The normalized spacial score (nSPS) is 19.2. The highest BCUT2D eigenvalue weighted by atomic mass is 16.6. The van der Waals surface area contributed by atoms with E-state index in [0.29, 0.717) is 36.9 Å². The van der Waals surface area contributed by atoms with E-state index in [4.69, 9.17) is 4.74 Å². The third-order valence-electron chi connectivity index (χ3n) is 6.11. The number of anilines is 1. The lowest BCUT2D eigenvalue weighted by molar-refractivity contribution is -0.384. The molecule has 2 saturated heterocycles. The maximum absolute atomic E-state index is 12.7. The molecule has 2 heterocycles. The predicted molar refractivity (Wildman–Crippen MR) is 113 cm³/mol. The fourth-order valence-electron chi connectivity index (χ4n) is 4.01. The number of nitrogens with one attached hydrogen (secondary N) is 1. The van der Waals surface area contributed by atoms with E-state index in [-0.39, 0.29) is 22.1 Å². The van der Waals surface area contributed by atoms with Crippen molar-refractivity contribution in [2.45, 2.75) is 39.2 Å². The van der Waals surface area contributed by atoms with Gasteiger partial charge in [-0.25, -0.2) is 0 Å². The number of nitro groups is 1. The van der Waals surface area contributed by atoms with Crippen molar-refractivity contribution in [3.05, 3.63) is 33.9 Å². The molecule has 0 atom stereocenters. The molecule has 8 nitrogen and oxygen atoms in total. The minimum Gasteiger partial charge on any atom is -0.379 e. The van der Waals surface area contributed by atoms with Gasteiger partial charge in [-0.05, 0) is 44.7 Å². The number of morpholine rings is 1. The molecule has 0 radical (unpaired) electrons. The first-order valence-corrected chi connectivity index (χ1v) is 10.4. The van der Waals surface area contributed by atoms with Crippen LogP contribution in [0.25, 0.3) is 0 Å². The number of amides is 1. The van der Waals surface area contributed by atoms with Crippen LogP contribution in [0.1, 0.15) is 44.0 Å². The van der Waals surface area contributed by atoms with Gasteiger partial charge in [0.25, 0.3) is 11.6 Å². The zero-order valence-corrected chi connectivity index (χ0v) is 17.6. The number of hydrogen-bond donors (Lipinski definition) is 1. The third kappa shape index (κ3) is 5.25. The molecule has 1 aromatic carbocycles. The summed E-state index contributed by atoms with van der Waals surface area (Å²) in [5, 5.41) is 14.6. The molecule has 1 aromatic rings. The van der Waals surface area contributed by atoms with Crippen LogP contribution in [-0.4, -0.2) is 67.2 Å². The van der Waals surface area contributed by atoms with Crippen molar-refractivity contribution in [3.8, 4) is 0 Å². The van der Waals surface area contributed by atoms with Gasteiger partial charge in [-0.2, -0.15) is 0 Å². The first kappa shape index (κ1) is 21.5. The molecule has 8 heteroatoms. The van der Waals surface area contributed by atoms with E-state index in [1.54, 1.807) is 12.1 Å². The van der Waals surface area contributed by atoms with Gasteiger partial charge >= 0.3 is 0 Å². The fourth-order valence-corrected chi connectivity index (χ4v) is 4.01. The highest BCUT2D eigenvalue weighted by Crippen LogP contribution is 2.32. The highest BCUT2D eigenvalue weighted by molar-refractivity contribution is 5.95. The van der Waals surface area contributed by atoms with Gasteiger partial charge in [-0.15, -0.1) is 0 Å². The molecule has 3 rings (SSSR count). The second-order valence-electron chi connectivity index (χ2n) is 8.72. The summed E-state index contributed by atoms with van der Waals surface area (Å²) in [5.41, 5.74) is 0.714. The fraction of sp³-hybridized carbons (Fsp3) is 0.667. The Bertz CT molecular complexity index is 738. The van der Waals surface area contributed by atoms with Crippen LogP contribution >= 0.6 is 0 Å². The number of rotatable bonds is 6. The summed E-state index contributed by atoms with van der Waals surface area (Å²) < 4.78 is 5.40. The van der Waals surface area contributed by atoms with Gasteiger partial charge in [0.15, 0.2) is 0 Å². The average molecular weight is 405 g/mol. The summed E-state index contributed by atoms with van der Waals surface area (Å²) in [4.78, 5) is 28.3. The smallest absolute Gasteiger partial charge is 0.293 e. The van der Waals surface area contributed by atoms with Crippen molar-refractivity contribution in [2.24, 2.45) is 5.92 Å². The molecule has 160 valence electrons. The van der Waals surface area contributed by atoms with E-state index >= 15 is 0 Å². The molecule has 0 aliphatic carbocycles. The van der Waals surface area contributed by atoms with Crippen molar-refractivity contribution < 1.29 is 14.5 Å². The highest BCUT2D eigenvalue weighted by Gasteiger charge is 2.29. The first-order valence-electron chi connectivity index (χ1n) is 10.4. The molecule has 0 spiro atoms. The third-order valence-corrected chi connectivity index (χ3v) is 6.11. The van der Waals surface area contributed by atoms with Crippen LogP contribution < -0.4 is 10.2 Å². The van der Waals surface area contributed by atoms with Crippen molar-refractivity contribution in [1.82, 2.24) is 10.2 Å². The van der Waals surface area contributed by atoms with Crippen molar-refractivity contribution in [1.29, 1.82) is 0 Å². The van der Waals surface area contributed by atoms with E-state index in [9.17, 15) is 14.9 Å². The monoisotopic (exact) mass is 404 g/mol. The Labute approximate surface area is 172 Å². The minimum atomic E-state index is -0.387. The largest absolute Gasteiger partial charge is 0.379 e. The first-order chi connectivity index (χ1) is 13.8. The van der Waals surface area contributed by atoms with Gasteiger partial charge in [-0.3, -0.25) is 19.8 Å². The Hall–Kier alpha value is -2.19. The van der Waals surface area contributed by atoms with Crippen LogP contribution in [0.2, 0.25) is 0 Å². The molecule has 2 fully saturated rings. The maximum atomic E-state index is 12.7. The summed E-state index contributed by atoms with van der Waals surface area (Å²) in [5.74, 6) is 0.360. The number of hydrogen-bond acceptors (Lipinski definition) is 6. The molecule has 1 N–H and O–H groups in total. The number of ether oxygens (including phenoxy) is 1. The molecule has 0 saturated carbocycles. The van der Waals surface area contributed by atoms with Crippen molar-refractivity contribution in [3.63, 3.8) is 0 Å². The zero-order chi connectivity index (χ0) is 21.0. The summed E-state index contributed by atoms with van der Waals surface area (Å²) >= 11 is 0. The molecule has 0 aromatic heterocycles. The molecule has 1 amide bonds. The number of piperidine rings is 1. The summed E-state index contributed by atoms with van der Waals surface area (Å²) in [6.45, 7) is 11.5. The Morgan fingerprint density at radius 1 is 1.24 bits per heavy atom. The van der Waals surface area contributed by atoms with Crippen LogP contribution in [0.3, 0.4) is 0 Å². The average Bonchev–Trinajstić information content (AvgIpc) is 2.73. The summed E-state index contributed by atoms with van der Waals surface area (Å²) in [7, 11) is 0. The number of benzene rings is 1. The molecule has 0 bridgehead atoms. The molecular formula is C21H32N4O4. The minimum absolute atomic E-state index is 0.000331. The van der Waals surface area contributed by atoms with Crippen molar-refractivity contribution in [2.75, 3.05) is 50.8 Å². The van der Waals surface area contributed by atoms with E-state index in [2.05, 4.69) is 35.9 Å². The molecule has 2 aliphatic rings. The lowest BCUT2D eigenvalue weighted by Crippen LogP contribution is -2.55. The Morgan fingerprint density at radius 3 is 2.52 bits per heavy atom. The van der Waals surface area contributed by atoms with Gasteiger partial charge in [-0.1, -0.05) is 6.92 Å².